The van der Waals surface area contributed by atoms with Gasteiger partial charge in [0.2, 0.25) is 26.0 Å². The van der Waals surface area contributed by atoms with Crippen molar-refractivity contribution in [3.05, 3.63) is 78.1 Å². The number of carboxylic acids is 1. The molecule has 2 saturated heterocycles. The number of carbonyl (C=O) groups excluding carboxylic acids is 3. The van der Waals surface area contributed by atoms with Gasteiger partial charge in [-0.1, -0.05) is 6.07 Å². The Morgan fingerprint density at radius 1 is 0.589 bits per heavy atom. The molecule has 2 aliphatic heterocycles. The topological polar surface area (TPSA) is 228 Å². The van der Waals surface area contributed by atoms with Crippen molar-refractivity contribution >= 4 is 44.1 Å². The average Bonchev–Trinajstić information content (AvgIpc) is 3.24. The van der Waals surface area contributed by atoms with E-state index in [-0.39, 0.29) is 25.2 Å². The second kappa shape index (κ2) is 22.4. The van der Waals surface area contributed by atoms with Crippen LogP contribution >= 0.6 is 0 Å². The Bertz CT molecular complexity index is 2680. The van der Waals surface area contributed by atoms with E-state index in [9.17, 15) is 85.0 Å². The molecule has 0 unspecified atom stereocenters. The second-order valence-electron chi connectivity index (χ2n) is 17.5. The van der Waals surface area contributed by atoms with E-state index in [0.29, 0.717) is 16.4 Å². The highest BCUT2D eigenvalue weighted by atomic mass is 32.2. The largest absolute Gasteiger partial charge is 0.573 e. The number of carbonyl (C=O) groups is 4. The average molecular weight is 1100 g/mol. The molecule has 3 aromatic rings. The molecule has 0 radical (unpaired) electrons. The summed E-state index contributed by atoms with van der Waals surface area (Å²) in [4.78, 5) is 51.1. The smallest absolute Gasteiger partial charge is 0.480 e. The third kappa shape index (κ3) is 17.7. The fourth-order valence-corrected chi connectivity index (χ4v) is 9.71. The number of amides is 3. The number of alkyl halides is 9. The fourth-order valence-electron chi connectivity index (χ4n) is 6.57. The number of piperazine rings is 2. The molecule has 2 fully saturated rings. The maximum absolute atomic E-state index is 14.1. The number of nitrogens with zero attached hydrogens (tertiary/aromatic N) is 4. The number of aliphatic carboxylic acids is 1. The first-order chi connectivity index (χ1) is 33.2. The van der Waals surface area contributed by atoms with Crippen LogP contribution in [-0.4, -0.2) is 146 Å². The number of hydrogen-bond acceptors (Lipinski definition) is 13. The summed E-state index contributed by atoms with van der Waals surface area (Å²) < 4.78 is 201. The lowest BCUT2D eigenvalue weighted by Gasteiger charge is -2.39. The van der Waals surface area contributed by atoms with Crippen molar-refractivity contribution in [2.24, 2.45) is 0 Å². The molecule has 0 spiro atoms. The lowest BCUT2D eigenvalue weighted by atomic mass is 10.1. The van der Waals surface area contributed by atoms with Crippen molar-refractivity contribution in [3.8, 4) is 17.2 Å². The number of carboxylic acid groups (broad SMARTS) is 1. The van der Waals surface area contributed by atoms with E-state index in [1.807, 2.05) is 0 Å². The van der Waals surface area contributed by atoms with Crippen LogP contribution in [0.25, 0.3) is 0 Å². The monoisotopic (exact) mass is 1100 g/mol. The maximum Gasteiger partial charge on any atom is 0.573 e. The Morgan fingerprint density at radius 3 is 1.33 bits per heavy atom. The standard InChI is InChI=1S/C25H26F7N3O7S.C17H21F3N2O7S/c1-23(2,3)42-22(37)34-10-11-35(43(38,39)17-7-5-16(6-8-17)40-24(27,28)29)19(14-34)21(36)33-13-15-4-9-20(18(26)12-15)41-25(30,31)32;1-16(2,3)29-15(25)21-8-9-22(13(10-21)14(23)24)30(26,27)12-6-4-11(5-7-12)28-17(18,19)20/h4-9,12,19H,10-11,13-14H2,1-3H3,(H,33,36);4-7,13H,8-10H2,1-3H3,(H,23,24)/t19-;13-/m11/s1. The maximum atomic E-state index is 14.1. The minimum atomic E-state index is -5.14. The van der Waals surface area contributed by atoms with Crippen LogP contribution in [0.1, 0.15) is 47.1 Å². The van der Waals surface area contributed by atoms with Gasteiger partial charge in [-0.2, -0.15) is 8.61 Å². The molecule has 31 heteroatoms. The summed E-state index contributed by atoms with van der Waals surface area (Å²) in [5.41, 5.74) is -1.75. The van der Waals surface area contributed by atoms with Crippen molar-refractivity contribution < 1.29 is 109 Å². The molecule has 0 saturated carbocycles. The van der Waals surface area contributed by atoms with Crippen LogP contribution in [0.15, 0.2) is 76.5 Å². The van der Waals surface area contributed by atoms with E-state index in [4.69, 9.17) is 9.47 Å². The van der Waals surface area contributed by atoms with Crippen LogP contribution in [0.4, 0.5) is 53.5 Å². The lowest BCUT2D eigenvalue weighted by Crippen LogP contribution is -2.61. The van der Waals surface area contributed by atoms with Gasteiger partial charge in [-0.15, -0.1) is 39.5 Å². The molecular formula is C42H47F10N5O14S2. The summed E-state index contributed by atoms with van der Waals surface area (Å²) >= 11 is 0. The molecular weight excluding hydrogens is 1050 g/mol. The van der Waals surface area contributed by atoms with Crippen LogP contribution in [-0.2, 0) is 45.7 Å². The molecule has 0 aliphatic carbocycles. The molecule has 0 bridgehead atoms. The number of sulfonamides is 2. The van der Waals surface area contributed by atoms with Gasteiger partial charge in [-0.25, -0.2) is 30.8 Å². The first-order valence-electron chi connectivity index (χ1n) is 21.0. The van der Waals surface area contributed by atoms with Crippen LogP contribution in [0.5, 0.6) is 17.2 Å². The summed E-state index contributed by atoms with van der Waals surface area (Å²) in [5, 5.41) is 11.9. The highest BCUT2D eigenvalue weighted by Gasteiger charge is 2.44. The third-order valence-electron chi connectivity index (χ3n) is 9.57. The first kappa shape index (κ1) is 59.2. The third-order valence-corrected chi connectivity index (χ3v) is 13.4. The van der Waals surface area contributed by atoms with E-state index < -0.39 is 146 Å². The molecule has 406 valence electrons. The highest BCUT2D eigenvalue weighted by Crippen LogP contribution is 2.31. The quantitative estimate of drug-likeness (QED) is 0.188. The van der Waals surface area contributed by atoms with E-state index in [0.717, 1.165) is 68.7 Å². The van der Waals surface area contributed by atoms with Crippen molar-refractivity contribution in [2.75, 3.05) is 39.3 Å². The predicted molar refractivity (Wildman–Crippen MR) is 230 cm³/mol. The summed E-state index contributed by atoms with van der Waals surface area (Å²) in [6.07, 6.45) is -16.7. The van der Waals surface area contributed by atoms with Gasteiger partial charge >= 0.3 is 37.2 Å². The van der Waals surface area contributed by atoms with Gasteiger partial charge in [-0.3, -0.25) is 9.59 Å². The molecule has 5 rings (SSSR count). The van der Waals surface area contributed by atoms with E-state index in [2.05, 4.69) is 19.5 Å². The molecule has 19 nitrogen and oxygen atoms in total. The number of hydrogen-bond donors (Lipinski definition) is 2. The molecule has 73 heavy (non-hydrogen) atoms. The number of rotatable bonds is 11. The van der Waals surface area contributed by atoms with Crippen molar-refractivity contribution in [2.45, 2.75) is 100 Å². The Hall–Kier alpha value is -6.34. The lowest BCUT2D eigenvalue weighted by molar-refractivity contribution is -0.276. The van der Waals surface area contributed by atoms with Crippen LogP contribution in [0.3, 0.4) is 0 Å². The molecule has 2 aliphatic rings. The summed E-state index contributed by atoms with van der Waals surface area (Å²) in [6.45, 7) is 7.18. The number of ether oxygens (including phenoxy) is 5. The highest BCUT2D eigenvalue weighted by molar-refractivity contribution is 7.89. The summed E-state index contributed by atoms with van der Waals surface area (Å²) in [6, 6.07) is 5.85. The molecule has 0 aromatic heterocycles. The SMILES string of the molecule is CC(C)(C)OC(=O)N1CCN(S(=O)(=O)c2ccc(OC(F)(F)F)cc2)[C@@H](C(=O)NCc2ccc(OC(F)(F)F)c(F)c2)C1.CC(C)(C)OC(=O)N1CCN(S(=O)(=O)c2ccc(OC(F)(F)F)cc2)[C@@H](C(=O)O)C1. The molecule has 3 aromatic carbocycles. The Kier molecular flexibility index (Phi) is 18.2. The van der Waals surface area contributed by atoms with Crippen molar-refractivity contribution in [1.82, 2.24) is 23.7 Å². The number of nitrogens with one attached hydrogen (secondary N) is 1. The van der Waals surface area contributed by atoms with E-state index in [1.54, 1.807) is 41.5 Å². The zero-order valence-electron chi connectivity index (χ0n) is 39.1. The fraction of sp³-hybridized carbons (Fsp3) is 0.476. The molecule has 2 heterocycles. The van der Waals surface area contributed by atoms with Gasteiger partial charge in [0.25, 0.3) is 0 Å². The predicted octanol–water partition coefficient (Wildman–Crippen LogP) is 6.83. The zero-order chi connectivity index (χ0) is 55.3. The van der Waals surface area contributed by atoms with Gasteiger partial charge in [0.05, 0.1) is 16.3 Å². The van der Waals surface area contributed by atoms with Crippen LogP contribution < -0.4 is 19.5 Å². The van der Waals surface area contributed by atoms with E-state index in [1.165, 1.54) is 0 Å². The summed E-state index contributed by atoms with van der Waals surface area (Å²) in [7, 11) is -8.90. The van der Waals surface area contributed by atoms with Gasteiger partial charge in [0.15, 0.2) is 11.6 Å². The summed E-state index contributed by atoms with van der Waals surface area (Å²) in [5.74, 6) is -6.24. The Labute approximate surface area is 410 Å². The molecule has 2 N–H and O–H groups in total. The van der Waals surface area contributed by atoms with Gasteiger partial charge in [0, 0.05) is 39.3 Å². The first-order valence-corrected chi connectivity index (χ1v) is 23.9. The molecule has 2 atom stereocenters. The Balaban J connectivity index is 0.000000338. The van der Waals surface area contributed by atoms with Crippen molar-refractivity contribution in [1.29, 1.82) is 0 Å². The Morgan fingerprint density at radius 2 is 0.973 bits per heavy atom. The minimum Gasteiger partial charge on any atom is -0.480 e. The van der Waals surface area contributed by atoms with Gasteiger partial charge in [0.1, 0.15) is 34.8 Å². The number of benzene rings is 3. The van der Waals surface area contributed by atoms with Gasteiger partial charge < -0.3 is 43.9 Å². The van der Waals surface area contributed by atoms with Crippen LogP contribution in [0.2, 0.25) is 0 Å². The van der Waals surface area contributed by atoms with Crippen molar-refractivity contribution in [3.63, 3.8) is 0 Å². The van der Waals surface area contributed by atoms with Gasteiger partial charge in [-0.05, 0) is 108 Å². The van der Waals surface area contributed by atoms with Crippen LogP contribution in [0, 0.1) is 5.82 Å². The second-order valence-corrected chi connectivity index (χ2v) is 21.3. The zero-order valence-corrected chi connectivity index (χ0v) is 40.7. The van der Waals surface area contributed by atoms with E-state index >= 15 is 0 Å². The normalized spacial score (nSPS) is 17.6. The number of halogens is 10. The minimum absolute atomic E-state index is 0.00478. The molecule has 3 amide bonds.